The summed E-state index contributed by atoms with van der Waals surface area (Å²) in [6, 6.07) is 16.5. The Kier molecular flexibility index (Phi) is 5.97. The SMILES string of the molecule is CC(C)n1nc(-c2c(-c3ccccc3)nn3ccc(C(=O)NC4=CC=CC=CC4)cc23)ccc1=O. The maximum absolute atomic E-state index is 13.1. The van der Waals surface area contributed by atoms with Crippen molar-refractivity contribution < 1.29 is 4.79 Å². The fourth-order valence-electron chi connectivity index (χ4n) is 4.05. The number of nitrogens with one attached hydrogen (secondary N) is 1. The van der Waals surface area contributed by atoms with Crippen molar-refractivity contribution in [1.82, 2.24) is 24.7 Å². The van der Waals surface area contributed by atoms with Crippen LogP contribution < -0.4 is 10.9 Å². The van der Waals surface area contributed by atoms with Gasteiger partial charge in [0.15, 0.2) is 0 Å². The summed E-state index contributed by atoms with van der Waals surface area (Å²) >= 11 is 0. The summed E-state index contributed by atoms with van der Waals surface area (Å²) in [6.45, 7) is 3.84. The van der Waals surface area contributed by atoms with Crippen molar-refractivity contribution in [2.75, 3.05) is 0 Å². The lowest BCUT2D eigenvalue weighted by Gasteiger charge is -2.11. The van der Waals surface area contributed by atoms with Gasteiger partial charge in [0.1, 0.15) is 5.69 Å². The lowest BCUT2D eigenvalue weighted by molar-refractivity contribution is 0.0965. The largest absolute Gasteiger partial charge is 0.325 e. The van der Waals surface area contributed by atoms with Gasteiger partial charge in [0, 0.05) is 35.5 Å². The number of benzene rings is 1. The highest BCUT2D eigenvalue weighted by Gasteiger charge is 2.20. The summed E-state index contributed by atoms with van der Waals surface area (Å²) < 4.78 is 3.21. The first-order valence-electron chi connectivity index (χ1n) is 11.5. The Morgan fingerprint density at radius 2 is 1.83 bits per heavy atom. The molecule has 0 saturated carbocycles. The van der Waals surface area contributed by atoms with Crippen LogP contribution in [-0.4, -0.2) is 25.3 Å². The summed E-state index contributed by atoms with van der Waals surface area (Å²) in [7, 11) is 0. The van der Waals surface area contributed by atoms with Gasteiger partial charge < -0.3 is 5.32 Å². The number of amides is 1. The van der Waals surface area contributed by atoms with Crippen LogP contribution in [0.15, 0.2) is 102 Å². The predicted octanol–water partition coefficient (Wildman–Crippen LogP) is 4.94. The molecule has 0 radical (unpaired) electrons. The number of aromatic nitrogens is 4. The van der Waals surface area contributed by atoms with Crippen LogP contribution in [0.25, 0.3) is 28.0 Å². The summed E-state index contributed by atoms with van der Waals surface area (Å²) in [6.07, 6.45) is 12.1. The normalized spacial score (nSPS) is 13.2. The minimum Gasteiger partial charge on any atom is -0.325 e. The van der Waals surface area contributed by atoms with Crippen LogP contribution >= 0.6 is 0 Å². The van der Waals surface area contributed by atoms with Gasteiger partial charge in [-0.1, -0.05) is 54.6 Å². The van der Waals surface area contributed by atoms with Crippen molar-refractivity contribution in [3.8, 4) is 22.5 Å². The van der Waals surface area contributed by atoms with E-state index in [4.69, 9.17) is 5.10 Å². The number of fused-ring (bicyclic) bond motifs is 1. The molecule has 0 bridgehead atoms. The maximum Gasteiger partial charge on any atom is 0.267 e. The van der Waals surface area contributed by atoms with Crippen molar-refractivity contribution in [2.45, 2.75) is 26.3 Å². The van der Waals surface area contributed by atoms with Crippen molar-refractivity contribution in [2.24, 2.45) is 0 Å². The molecule has 3 aromatic heterocycles. The molecule has 1 aliphatic rings. The smallest absolute Gasteiger partial charge is 0.267 e. The number of hydrogen-bond donors (Lipinski definition) is 1. The number of carbonyl (C=O) groups is 1. The standard InChI is InChI=1S/C28H25N5O2/c1-19(2)33-25(34)15-14-23(30-33)26-24-18-21(28(35)29-22-12-8-3-4-9-13-22)16-17-32(24)31-27(26)20-10-6-5-7-11-20/h3-12,14-19H,13H2,1-2H3,(H,29,35). The Balaban J connectivity index is 1.66. The third kappa shape index (κ3) is 4.48. The highest BCUT2D eigenvalue weighted by Crippen LogP contribution is 2.34. The minimum atomic E-state index is -0.198. The first kappa shape index (κ1) is 22.3. The minimum absolute atomic E-state index is 0.0956. The molecule has 0 atom stereocenters. The zero-order valence-corrected chi connectivity index (χ0v) is 19.6. The Bertz CT molecular complexity index is 1560. The molecule has 0 spiro atoms. The second-order valence-corrected chi connectivity index (χ2v) is 8.59. The molecule has 1 amide bonds. The Hall–Kier alpha value is -4.52. The number of allylic oxidation sites excluding steroid dienone is 5. The average molecular weight is 464 g/mol. The molecule has 0 unspecified atom stereocenters. The van der Waals surface area contributed by atoms with Crippen LogP contribution in [0.1, 0.15) is 36.7 Å². The molecular weight excluding hydrogens is 438 g/mol. The van der Waals surface area contributed by atoms with E-state index in [2.05, 4.69) is 10.4 Å². The molecule has 0 fully saturated rings. The van der Waals surface area contributed by atoms with Crippen LogP contribution in [0.3, 0.4) is 0 Å². The van der Waals surface area contributed by atoms with Crippen molar-refractivity contribution in [1.29, 1.82) is 0 Å². The van der Waals surface area contributed by atoms with Crippen molar-refractivity contribution in [3.05, 3.63) is 113 Å². The molecule has 7 nitrogen and oxygen atoms in total. The summed E-state index contributed by atoms with van der Waals surface area (Å²) in [5, 5.41) is 12.5. The topological polar surface area (TPSA) is 81.3 Å². The number of rotatable bonds is 5. The molecule has 1 N–H and O–H groups in total. The van der Waals surface area contributed by atoms with Gasteiger partial charge in [-0.3, -0.25) is 9.59 Å². The molecular formula is C28H25N5O2. The molecule has 1 aliphatic carbocycles. The summed E-state index contributed by atoms with van der Waals surface area (Å²) in [4.78, 5) is 25.5. The average Bonchev–Trinajstić information content (AvgIpc) is 3.05. The Labute approximate surface area is 202 Å². The first-order chi connectivity index (χ1) is 17.0. The van der Waals surface area contributed by atoms with Crippen LogP contribution in [-0.2, 0) is 0 Å². The van der Waals surface area contributed by atoms with Crippen LogP contribution in [0.5, 0.6) is 0 Å². The van der Waals surface area contributed by atoms with E-state index in [1.54, 1.807) is 22.8 Å². The van der Waals surface area contributed by atoms with Crippen molar-refractivity contribution >= 4 is 11.4 Å². The maximum atomic E-state index is 13.1. The fraction of sp³-hybridized carbons (Fsp3) is 0.143. The molecule has 7 heteroatoms. The number of hydrogen-bond acceptors (Lipinski definition) is 4. The zero-order chi connectivity index (χ0) is 24.4. The van der Waals surface area contributed by atoms with E-state index >= 15 is 0 Å². The van der Waals surface area contributed by atoms with E-state index in [1.807, 2.05) is 80.6 Å². The van der Waals surface area contributed by atoms with Gasteiger partial charge in [-0.15, -0.1) is 0 Å². The van der Waals surface area contributed by atoms with Gasteiger partial charge >= 0.3 is 0 Å². The lowest BCUT2D eigenvalue weighted by Crippen LogP contribution is -2.24. The second kappa shape index (κ2) is 9.38. The molecule has 5 rings (SSSR count). The molecule has 35 heavy (non-hydrogen) atoms. The van der Waals surface area contributed by atoms with E-state index in [9.17, 15) is 9.59 Å². The van der Waals surface area contributed by atoms with E-state index in [0.717, 1.165) is 28.0 Å². The third-order valence-electron chi connectivity index (χ3n) is 5.78. The molecule has 174 valence electrons. The summed E-state index contributed by atoms with van der Waals surface area (Å²) in [5.74, 6) is -0.198. The number of nitrogens with zero attached hydrogens (tertiary/aromatic N) is 4. The molecule has 0 saturated heterocycles. The van der Waals surface area contributed by atoms with Crippen molar-refractivity contribution in [3.63, 3.8) is 0 Å². The number of carbonyl (C=O) groups excluding carboxylic acids is 1. The van der Waals surface area contributed by atoms with Gasteiger partial charge in [-0.05, 0) is 38.1 Å². The highest BCUT2D eigenvalue weighted by atomic mass is 16.1. The van der Waals surface area contributed by atoms with E-state index in [1.165, 1.54) is 10.7 Å². The Morgan fingerprint density at radius 3 is 2.63 bits per heavy atom. The molecule has 1 aromatic carbocycles. The van der Waals surface area contributed by atoms with E-state index in [0.29, 0.717) is 17.7 Å². The van der Waals surface area contributed by atoms with Crippen LogP contribution in [0, 0.1) is 0 Å². The quantitative estimate of drug-likeness (QED) is 0.455. The Morgan fingerprint density at radius 1 is 1.00 bits per heavy atom. The third-order valence-corrected chi connectivity index (χ3v) is 5.78. The fourth-order valence-corrected chi connectivity index (χ4v) is 4.05. The zero-order valence-electron chi connectivity index (χ0n) is 19.6. The summed E-state index contributed by atoms with van der Waals surface area (Å²) in [5.41, 5.74) is 4.92. The number of pyridine rings is 1. The molecule has 4 aromatic rings. The molecule has 0 aliphatic heterocycles. The van der Waals surface area contributed by atoms with Gasteiger partial charge in [0.05, 0.1) is 22.8 Å². The van der Waals surface area contributed by atoms with Gasteiger partial charge in [0.2, 0.25) is 0 Å². The monoisotopic (exact) mass is 463 g/mol. The second-order valence-electron chi connectivity index (χ2n) is 8.59. The lowest BCUT2D eigenvalue weighted by atomic mass is 10.0. The van der Waals surface area contributed by atoms with E-state index in [-0.39, 0.29) is 17.5 Å². The van der Waals surface area contributed by atoms with Gasteiger partial charge in [-0.25, -0.2) is 9.20 Å². The highest BCUT2D eigenvalue weighted by molar-refractivity contribution is 5.99. The van der Waals surface area contributed by atoms with Gasteiger partial charge in [0.25, 0.3) is 11.5 Å². The van der Waals surface area contributed by atoms with Crippen LogP contribution in [0.4, 0.5) is 0 Å². The molecule has 3 heterocycles. The van der Waals surface area contributed by atoms with Gasteiger partial charge in [-0.2, -0.15) is 10.2 Å². The van der Waals surface area contributed by atoms with Crippen LogP contribution in [0.2, 0.25) is 0 Å². The predicted molar refractivity (Wildman–Crippen MR) is 137 cm³/mol. The first-order valence-corrected chi connectivity index (χ1v) is 11.5. The van der Waals surface area contributed by atoms with E-state index < -0.39 is 0 Å².